The number of aryl methyl sites for hydroxylation is 1. The summed E-state index contributed by atoms with van der Waals surface area (Å²) in [6.07, 6.45) is 10.8. The molecule has 1 aromatic heterocycles. The molecule has 0 unspecified atom stereocenters. The molecule has 0 fully saturated rings. The molecule has 0 atom stereocenters. The van der Waals surface area contributed by atoms with Gasteiger partial charge in [0, 0.05) is 11.6 Å². The maximum Gasteiger partial charge on any atom is 0.174 e. The smallest absolute Gasteiger partial charge is 0.174 e. The van der Waals surface area contributed by atoms with Crippen LogP contribution in [0.1, 0.15) is 17.5 Å². The molecule has 0 aromatic carbocycles. The predicted molar refractivity (Wildman–Crippen MR) is 40.4 cm³/mol. The van der Waals surface area contributed by atoms with Crippen LogP contribution in [0.2, 0.25) is 0 Å². The minimum Gasteiger partial charge on any atom is -0.217 e. The summed E-state index contributed by atoms with van der Waals surface area (Å²) in [5.74, 6) is 0. The Labute approximate surface area is 60.4 Å². The van der Waals surface area contributed by atoms with Gasteiger partial charge < -0.3 is 0 Å². The quantitative estimate of drug-likeness (QED) is 0.507. The van der Waals surface area contributed by atoms with Gasteiger partial charge in [-0.25, -0.2) is 4.98 Å². The maximum absolute atomic E-state index is 3.07. The van der Waals surface area contributed by atoms with Crippen LogP contribution in [0, 0.1) is 0 Å². The number of nitrogens with one attached hydrogen (secondary N) is 1. The average Bonchev–Trinajstić information content (AvgIpc) is 2.05. The molecule has 1 aliphatic carbocycles. The van der Waals surface area contributed by atoms with E-state index in [4.69, 9.17) is 0 Å². The Balaban J connectivity index is 2.54. The summed E-state index contributed by atoms with van der Waals surface area (Å²) in [4.78, 5) is 3.07. The highest BCUT2D eigenvalue weighted by molar-refractivity contribution is 5.53. The molecule has 0 aliphatic heterocycles. The molecule has 1 aromatic rings. The summed E-state index contributed by atoms with van der Waals surface area (Å²) in [5, 5.41) is 0. The van der Waals surface area contributed by atoms with Gasteiger partial charge in [0.2, 0.25) is 0 Å². The van der Waals surface area contributed by atoms with Gasteiger partial charge in [0.15, 0.2) is 12.4 Å². The van der Waals surface area contributed by atoms with Crippen molar-refractivity contribution in [3.8, 4) is 0 Å². The molecule has 0 saturated heterocycles. The molecule has 2 rings (SSSR count). The van der Waals surface area contributed by atoms with Gasteiger partial charge in [-0.3, -0.25) is 0 Å². The van der Waals surface area contributed by atoms with Crippen LogP contribution in [0.25, 0.3) is 6.08 Å². The van der Waals surface area contributed by atoms with E-state index in [0.717, 1.165) is 0 Å². The van der Waals surface area contributed by atoms with Crippen LogP contribution >= 0.6 is 0 Å². The molecule has 1 nitrogen and oxygen atoms in total. The lowest BCUT2D eigenvalue weighted by Crippen LogP contribution is -2.04. The van der Waals surface area contributed by atoms with Gasteiger partial charge in [-0.15, -0.1) is 0 Å². The topological polar surface area (TPSA) is 14.1 Å². The van der Waals surface area contributed by atoms with E-state index in [-0.39, 0.29) is 0 Å². The number of hydrogen-bond acceptors (Lipinski definition) is 0. The number of aromatic amines is 1. The molecular weight excluding hydrogens is 122 g/mol. The molecule has 1 heteroatoms. The largest absolute Gasteiger partial charge is 0.217 e. The van der Waals surface area contributed by atoms with Crippen molar-refractivity contribution in [3.63, 3.8) is 0 Å². The lowest BCUT2D eigenvalue weighted by molar-refractivity contribution is -0.378. The van der Waals surface area contributed by atoms with Crippen molar-refractivity contribution in [2.75, 3.05) is 0 Å². The van der Waals surface area contributed by atoms with Crippen LogP contribution in [-0.4, -0.2) is 0 Å². The van der Waals surface area contributed by atoms with Gasteiger partial charge in [-0.2, -0.15) is 0 Å². The maximum atomic E-state index is 3.07. The number of fused-ring (bicyclic) bond motifs is 1. The SMILES string of the molecule is C1=Cc2c[nH+]ccc2CC1. The van der Waals surface area contributed by atoms with Crippen molar-refractivity contribution in [2.45, 2.75) is 12.8 Å². The fourth-order valence-corrected chi connectivity index (χ4v) is 1.31. The van der Waals surface area contributed by atoms with Gasteiger partial charge in [-0.05, 0) is 18.4 Å². The van der Waals surface area contributed by atoms with Crippen LogP contribution < -0.4 is 4.98 Å². The first kappa shape index (κ1) is 5.66. The van der Waals surface area contributed by atoms with E-state index in [0.29, 0.717) is 0 Å². The minimum atomic E-state index is 1.19. The zero-order chi connectivity index (χ0) is 6.81. The standard InChI is InChI=1S/C9H9N/c1-2-4-9-7-10-6-5-8(9)3-1/h2,4-7H,1,3H2/p+1. The molecule has 1 N–H and O–H groups in total. The molecule has 0 radical (unpaired) electrons. The van der Waals surface area contributed by atoms with Crippen molar-refractivity contribution < 1.29 is 4.98 Å². The lowest BCUT2D eigenvalue weighted by Gasteiger charge is -2.04. The van der Waals surface area contributed by atoms with Gasteiger partial charge in [0.25, 0.3) is 0 Å². The normalized spacial score (nSPS) is 14.8. The fraction of sp³-hybridized carbons (Fsp3) is 0.222. The summed E-state index contributed by atoms with van der Waals surface area (Å²) >= 11 is 0. The first-order valence-electron chi connectivity index (χ1n) is 3.62. The summed E-state index contributed by atoms with van der Waals surface area (Å²) < 4.78 is 0. The summed E-state index contributed by atoms with van der Waals surface area (Å²) in [6.45, 7) is 0. The molecule has 10 heavy (non-hydrogen) atoms. The van der Waals surface area contributed by atoms with E-state index in [1.807, 2.05) is 12.4 Å². The van der Waals surface area contributed by atoms with E-state index in [9.17, 15) is 0 Å². The first-order chi connectivity index (χ1) is 4.97. The number of pyridine rings is 1. The van der Waals surface area contributed by atoms with Gasteiger partial charge in [0.05, 0.1) is 0 Å². The molecule has 50 valence electrons. The fourth-order valence-electron chi connectivity index (χ4n) is 1.31. The second-order valence-corrected chi connectivity index (χ2v) is 2.57. The number of hydrogen-bond donors (Lipinski definition) is 0. The number of aromatic nitrogens is 1. The van der Waals surface area contributed by atoms with Gasteiger partial charge in [-0.1, -0.05) is 12.2 Å². The van der Waals surface area contributed by atoms with Crippen LogP contribution in [0.4, 0.5) is 0 Å². The second kappa shape index (κ2) is 2.25. The van der Waals surface area contributed by atoms with Crippen molar-refractivity contribution in [1.29, 1.82) is 0 Å². The molecule has 0 amide bonds. The van der Waals surface area contributed by atoms with Crippen LogP contribution in [0.5, 0.6) is 0 Å². The summed E-state index contributed by atoms with van der Waals surface area (Å²) in [5.41, 5.74) is 2.80. The molecule has 0 bridgehead atoms. The summed E-state index contributed by atoms with van der Waals surface area (Å²) in [7, 11) is 0. The monoisotopic (exact) mass is 132 g/mol. The van der Waals surface area contributed by atoms with Crippen LogP contribution in [0.15, 0.2) is 24.5 Å². The van der Waals surface area contributed by atoms with Gasteiger partial charge in [0.1, 0.15) is 0 Å². The Hall–Kier alpha value is -1.11. The second-order valence-electron chi connectivity index (χ2n) is 2.57. The van der Waals surface area contributed by atoms with E-state index >= 15 is 0 Å². The molecule has 0 saturated carbocycles. The molecular formula is C9H10N+. The minimum absolute atomic E-state index is 1.19. The number of H-pyrrole nitrogens is 1. The Morgan fingerprint density at radius 3 is 3.30 bits per heavy atom. The zero-order valence-electron chi connectivity index (χ0n) is 5.80. The van der Waals surface area contributed by atoms with Crippen LogP contribution in [0.3, 0.4) is 0 Å². The number of allylic oxidation sites excluding steroid dienone is 1. The van der Waals surface area contributed by atoms with E-state index in [1.54, 1.807) is 0 Å². The van der Waals surface area contributed by atoms with Crippen molar-refractivity contribution in [1.82, 2.24) is 0 Å². The van der Waals surface area contributed by atoms with Crippen molar-refractivity contribution >= 4 is 6.08 Å². The third-order valence-corrected chi connectivity index (χ3v) is 1.87. The third kappa shape index (κ3) is 0.838. The molecule has 1 aliphatic rings. The summed E-state index contributed by atoms with van der Waals surface area (Å²) in [6, 6.07) is 2.15. The van der Waals surface area contributed by atoms with Crippen molar-refractivity contribution in [2.24, 2.45) is 0 Å². The van der Waals surface area contributed by atoms with Gasteiger partial charge >= 0.3 is 0 Å². The molecule has 0 spiro atoms. The van der Waals surface area contributed by atoms with E-state index in [1.165, 1.54) is 24.0 Å². The first-order valence-corrected chi connectivity index (χ1v) is 3.62. The highest BCUT2D eigenvalue weighted by Crippen LogP contribution is 2.15. The molecule has 1 heterocycles. The lowest BCUT2D eigenvalue weighted by atomic mass is 10.0. The van der Waals surface area contributed by atoms with Crippen molar-refractivity contribution in [3.05, 3.63) is 35.7 Å². The number of rotatable bonds is 0. The highest BCUT2D eigenvalue weighted by Gasteiger charge is 2.04. The Kier molecular flexibility index (Phi) is 1.28. The van der Waals surface area contributed by atoms with E-state index in [2.05, 4.69) is 23.2 Å². The Bertz CT molecular complexity index is 263. The van der Waals surface area contributed by atoms with Crippen LogP contribution in [-0.2, 0) is 6.42 Å². The Morgan fingerprint density at radius 2 is 2.40 bits per heavy atom. The third-order valence-electron chi connectivity index (χ3n) is 1.87. The average molecular weight is 132 g/mol. The van der Waals surface area contributed by atoms with E-state index < -0.39 is 0 Å². The Morgan fingerprint density at radius 1 is 1.40 bits per heavy atom. The predicted octanol–water partition coefficient (Wildman–Crippen LogP) is 1.46. The highest BCUT2D eigenvalue weighted by atomic mass is 14.6. The zero-order valence-corrected chi connectivity index (χ0v) is 5.80.